The molecule has 1 aliphatic rings. The molecule has 4 nitrogen and oxygen atoms in total. The minimum Gasteiger partial charge on any atom is -0.340 e. The summed E-state index contributed by atoms with van der Waals surface area (Å²) in [6.07, 6.45) is 6.85. The van der Waals surface area contributed by atoms with Gasteiger partial charge in [-0.1, -0.05) is 12.1 Å². The topological polar surface area (TPSA) is 36.4 Å². The summed E-state index contributed by atoms with van der Waals surface area (Å²) in [4.78, 5) is 20.5. The lowest BCUT2D eigenvalue weighted by molar-refractivity contribution is -0.132. The van der Waals surface area contributed by atoms with Gasteiger partial charge in [0.05, 0.1) is 0 Å². The van der Waals surface area contributed by atoms with Gasteiger partial charge in [0.25, 0.3) is 0 Å². The van der Waals surface area contributed by atoms with E-state index in [4.69, 9.17) is 0 Å². The molecule has 0 atom stereocenters. The van der Waals surface area contributed by atoms with E-state index in [1.54, 1.807) is 6.20 Å². The SMILES string of the molecule is C=CCN1CCN(C(=O)CCc2cccnc2)CC1. The van der Waals surface area contributed by atoms with Crippen molar-refractivity contribution in [3.8, 4) is 0 Å². The van der Waals surface area contributed by atoms with Gasteiger partial charge in [-0.25, -0.2) is 0 Å². The minimum atomic E-state index is 0.252. The third-order valence-corrected chi connectivity index (χ3v) is 3.46. The molecule has 1 aromatic heterocycles. The highest BCUT2D eigenvalue weighted by molar-refractivity contribution is 5.76. The Balaban J connectivity index is 1.74. The van der Waals surface area contributed by atoms with Gasteiger partial charge < -0.3 is 4.90 Å². The van der Waals surface area contributed by atoms with Crippen LogP contribution in [0.15, 0.2) is 37.2 Å². The van der Waals surface area contributed by atoms with Crippen LogP contribution in [-0.4, -0.2) is 53.4 Å². The summed E-state index contributed by atoms with van der Waals surface area (Å²) in [7, 11) is 0. The van der Waals surface area contributed by atoms with Crippen molar-refractivity contribution < 1.29 is 4.79 Å². The lowest BCUT2D eigenvalue weighted by Crippen LogP contribution is -2.48. The average molecular weight is 259 g/mol. The predicted octanol–water partition coefficient (Wildman–Crippen LogP) is 1.34. The third-order valence-electron chi connectivity index (χ3n) is 3.46. The van der Waals surface area contributed by atoms with Crippen molar-refractivity contribution in [3.05, 3.63) is 42.7 Å². The number of carbonyl (C=O) groups excluding carboxylic acids is 1. The van der Waals surface area contributed by atoms with Crippen molar-refractivity contribution in [1.29, 1.82) is 0 Å². The van der Waals surface area contributed by atoms with Gasteiger partial charge in [0.2, 0.25) is 5.91 Å². The first-order valence-electron chi connectivity index (χ1n) is 6.79. The summed E-state index contributed by atoms with van der Waals surface area (Å²) < 4.78 is 0. The molecule has 0 unspecified atom stereocenters. The van der Waals surface area contributed by atoms with Gasteiger partial charge in [-0.2, -0.15) is 0 Å². The minimum absolute atomic E-state index is 0.252. The van der Waals surface area contributed by atoms with Gasteiger partial charge >= 0.3 is 0 Å². The summed E-state index contributed by atoms with van der Waals surface area (Å²) in [5.41, 5.74) is 1.13. The maximum Gasteiger partial charge on any atom is 0.222 e. The maximum absolute atomic E-state index is 12.1. The number of piperazine rings is 1. The zero-order chi connectivity index (χ0) is 13.5. The number of rotatable bonds is 5. The normalized spacial score (nSPS) is 16.3. The van der Waals surface area contributed by atoms with Crippen molar-refractivity contribution in [2.45, 2.75) is 12.8 Å². The molecule has 0 spiro atoms. The van der Waals surface area contributed by atoms with E-state index in [2.05, 4.69) is 16.5 Å². The smallest absolute Gasteiger partial charge is 0.222 e. The van der Waals surface area contributed by atoms with E-state index in [1.165, 1.54) is 0 Å². The molecular formula is C15H21N3O. The Labute approximate surface area is 114 Å². The van der Waals surface area contributed by atoms with Crippen LogP contribution >= 0.6 is 0 Å². The molecule has 2 heterocycles. The zero-order valence-corrected chi connectivity index (χ0v) is 11.3. The van der Waals surface area contributed by atoms with Crippen LogP contribution in [-0.2, 0) is 11.2 Å². The van der Waals surface area contributed by atoms with E-state index < -0.39 is 0 Å². The lowest BCUT2D eigenvalue weighted by atomic mass is 10.1. The fourth-order valence-electron chi connectivity index (χ4n) is 2.32. The highest BCUT2D eigenvalue weighted by Crippen LogP contribution is 2.07. The molecule has 0 N–H and O–H groups in total. The number of pyridine rings is 1. The molecule has 0 aromatic carbocycles. The van der Waals surface area contributed by atoms with Gasteiger partial charge in [-0.05, 0) is 18.1 Å². The van der Waals surface area contributed by atoms with Gasteiger partial charge in [0.15, 0.2) is 0 Å². The predicted molar refractivity (Wildman–Crippen MR) is 75.8 cm³/mol. The number of amides is 1. The summed E-state index contributed by atoms with van der Waals surface area (Å²) in [6, 6.07) is 3.93. The largest absolute Gasteiger partial charge is 0.340 e. The average Bonchev–Trinajstić information content (AvgIpc) is 2.47. The second-order valence-corrected chi connectivity index (χ2v) is 4.83. The number of hydrogen-bond donors (Lipinski definition) is 0. The number of hydrogen-bond acceptors (Lipinski definition) is 3. The van der Waals surface area contributed by atoms with E-state index in [0.29, 0.717) is 6.42 Å². The molecule has 0 bridgehead atoms. The first-order valence-corrected chi connectivity index (χ1v) is 6.79. The third kappa shape index (κ3) is 4.17. The monoisotopic (exact) mass is 259 g/mol. The van der Waals surface area contributed by atoms with Crippen LogP contribution in [0.2, 0.25) is 0 Å². The first kappa shape index (κ1) is 13.7. The quantitative estimate of drug-likeness (QED) is 0.749. The second-order valence-electron chi connectivity index (χ2n) is 4.83. The van der Waals surface area contributed by atoms with Crippen LogP contribution in [0.4, 0.5) is 0 Å². The molecule has 1 aromatic rings. The molecule has 1 amide bonds. The molecule has 0 saturated carbocycles. The van der Waals surface area contributed by atoms with E-state index in [-0.39, 0.29) is 5.91 Å². The van der Waals surface area contributed by atoms with Crippen LogP contribution < -0.4 is 0 Å². The van der Waals surface area contributed by atoms with Crippen LogP contribution in [0.1, 0.15) is 12.0 Å². The van der Waals surface area contributed by atoms with Gasteiger partial charge in [0.1, 0.15) is 0 Å². The summed E-state index contributed by atoms with van der Waals surface area (Å²) in [5, 5.41) is 0. The molecule has 1 fully saturated rings. The number of carbonyl (C=O) groups is 1. The Kier molecular flexibility index (Phi) is 5.10. The Morgan fingerprint density at radius 1 is 1.37 bits per heavy atom. The Morgan fingerprint density at radius 3 is 2.79 bits per heavy atom. The van der Waals surface area contributed by atoms with Crippen LogP contribution in [0, 0.1) is 0 Å². The maximum atomic E-state index is 12.1. The molecule has 1 saturated heterocycles. The molecule has 4 heteroatoms. The van der Waals surface area contributed by atoms with Crippen LogP contribution in [0.3, 0.4) is 0 Å². The van der Waals surface area contributed by atoms with Gasteiger partial charge in [0, 0.05) is 51.5 Å². The van der Waals surface area contributed by atoms with Crippen molar-refractivity contribution in [3.63, 3.8) is 0 Å². The second kappa shape index (κ2) is 7.04. The highest BCUT2D eigenvalue weighted by Gasteiger charge is 2.19. The number of nitrogens with zero attached hydrogens (tertiary/aromatic N) is 3. The fourth-order valence-corrected chi connectivity index (χ4v) is 2.32. The van der Waals surface area contributed by atoms with Crippen LogP contribution in [0.25, 0.3) is 0 Å². The van der Waals surface area contributed by atoms with E-state index in [0.717, 1.165) is 44.7 Å². The molecule has 2 rings (SSSR count). The van der Waals surface area contributed by atoms with Gasteiger partial charge in [-0.15, -0.1) is 6.58 Å². The highest BCUT2D eigenvalue weighted by atomic mass is 16.2. The Morgan fingerprint density at radius 2 is 2.16 bits per heavy atom. The molecular weight excluding hydrogens is 238 g/mol. The summed E-state index contributed by atoms with van der Waals surface area (Å²) in [6.45, 7) is 8.22. The zero-order valence-electron chi connectivity index (χ0n) is 11.3. The molecule has 0 radical (unpaired) electrons. The van der Waals surface area contributed by atoms with E-state index >= 15 is 0 Å². The first-order chi connectivity index (χ1) is 9.29. The Bertz CT molecular complexity index is 411. The van der Waals surface area contributed by atoms with Gasteiger partial charge in [-0.3, -0.25) is 14.7 Å². The summed E-state index contributed by atoms with van der Waals surface area (Å²) >= 11 is 0. The molecule has 1 aliphatic heterocycles. The number of aromatic nitrogens is 1. The van der Waals surface area contributed by atoms with E-state index in [1.807, 2.05) is 29.3 Å². The van der Waals surface area contributed by atoms with Crippen molar-refractivity contribution in [1.82, 2.24) is 14.8 Å². The molecule has 19 heavy (non-hydrogen) atoms. The molecule has 102 valence electrons. The Hall–Kier alpha value is -1.68. The van der Waals surface area contributed by atoms with Crippen molar-refractivity contribution >= 4 is 5.91 Å². The van der Waals surface area contributed by atoms with Crippen molar-refractivity contribution in [2.75, 3.05) is 32.7 Å². The fraction of sp³-hybridized carbons (Fsp3) is 0.467. The number of aryl methyl sites for hydroxylation is 1. The van der Waals surface area contributed by atoms with Crippen molar-refractivity contribution in [2.24, 2.45) is 0 Å². The summed E-state index contributed by atoms with van der Waals surface area (Å²) in [5.74, 6) is 0.252. The lowest BCUT2D eigenvalue weighted by Gasteiger charge is -2.34. The van der Waals surface area contributed by atoms with E-state index in [9.17, 15) is 4.79 Å². The standard InChI is InChI=1S/C15H21N3O/c1-2-8-17-9-11-18(12-10-17)15(19)6-5-14-4-3-7-16-13-14/h2-4,7,13H,1,5-6,8-12H2. The van der Waals surface area contributed by atoms with Crippen LogP contribution in [0.5, 0.6) is 0 Å². The molecule has 0 aliphatic carbocycles.